The molecule has 1 heterocycles. The van der Waals surface area contributed by atoms with Gasteiger partial charge in [-0.05, 0) is 6.07 Å². The van der Waals surface area contributed by atoms with Gasteiger partial charge in [0.2, 0.25) is 0 Å². The number of hydrogen-bond donors (Lipinski definition) is 2. The fraction of sp³-hybridized carbons (Fsp3) is 0.0833. The summed E-state index contributed by atoms with van der Waals surface area (Å²) in [4.78, 5) is 35.3. The number of carbonyl (C=O) groups is 1. The van der Waals surface area contributed by atoms with Crippen molar-refractivity contribution in [2.45, 2.75) is 6.54 Å². The third-order valence-corrected chi connectivity index (χ3v) is 2.60. The van der Waals surface area contributed by atoms with Gasteiger partial charge >= 0.3 is 11.7 Å². The lowest BCUT2D eigenvalue weighted by Gasteiger charge is -2.07. The van der Waals surface area contributed by atoms with Crippen LogP contribution in [0.4, 0.5) is 8.78 Å². The summed E-state index contributed by atoms with van der Waals surface area (Å²) >= 11 is 0. The van der Waals surface area contributed by atoms with Crippen LogP contribution in [0.3, 0.4) is 0 Å². The average molecular weight is 282 g/mol. The van der Waals surface area contributed by atoms with Crippen molar-refractivity contribution < 1.29 is 18.7 Å². The third kappa shape index (κ3) is 2.63. The van der Waals surface area contributed by atoms with Gasteiger partial charge in [-0.1, -0.05) is 6.07 Å². The first-order valence-corrected chi connectivity index (χ1v) is 5.39. The number of benzene rings is 1. The van der Waals surface area contributed by atoms with E-state index < -0.39 is 34.4 Å². The van der Waals surface area contributed by atoms with Gasteiger partial charge in [-0.15, -0.1) is 0 Å². The van der Waals surface area contributed by atoms with Gasteiger partial charge < -0.3 is 5.11 Å². The lowest BCUT2D eigenvalue weighted by molar-refractivity contribution is 0.0693. The van der Waals surface area contributed by atoms with Gasteiger partial charge in [0.1, 0.15) is 17.2 Å². The number of aromatic amines is 1. The lowest BCUT2D eigenvalue weighted by Crippen LogP contribution is -2.33. The number of aromatic nitrogens is 2. The van der Waals surface area contributed by atoms with Gasteiger partial charge in [0, 0.05) is 17.8 Å². The predicted molar refractivity (Wildman–Crippen MR) is 63.7 cm³/mol. The maximum atomic E-state index is 13.5. The Labute approximate surface area is 109 Å². The zero-order chi connectivity index (χ0) is 14.9. The largest absolute Gasteiger partial charge is 0.477 e. The second kappa shape index (κ2) is 5.08. The van der Waals surface area contributed by atoms with Gasteiger partial charge in [-0.3, -0.25) is 14.3 Å². The van der Waals surface area contributed by atoms with E-state index in [0.717, 1.165) is 22.9 Å². The number of hydrogen-bond acceptors (Lipinski definition) is 3. The zero-order valence-electron chi connectivity index (χ0n) is 9.89. The summed E-state index contributed by atoms with van der Waals surface area (Å²) in [7, 11) is 0. The van der Waals surface area contributed by atoms with Crippen LogP contribution in [-0.2, 0) is 6.54 Å². The minimum atomic E-state index is -1.51. The highest BCUT2D eigenvalue weighted by atomic mass is 19.1. The molecule has 0 amide bonds. The summed E-state index contributed by atoms with van der Waals surface area (Å²) < 4.78 is 27.0. The summed E-state index contributed by atoms with van der Waals surface area (Å²) in [5.74, 6) is -3.16. The molecule has 6 nitrogen and oxygen atoms in total. The minimum Gasteiger partial charge on any atom is -0.477 e. The molecule has 2 rings (SSSR count). The molecule has 2 aromatic rings. The van der Waals surface area contributed by atoms with E-state index in [1.807, 2.05) is 4.98 Å². The third-order valence-electron chi connectivity index (χ3n) is 2.60. The van der Waals surface area contributed by atoms with E-state index in [2.05, 4.69) is 0 Å². The second-order valence-corrected chi connectivity index (χ2v) is 3.97. The zero-order valence-corrected chi connectivity index (χ0v) is 9.89. The molecule has 0 aliphatic heterocycles. The van der Waals surface area contributed by atoms with E-state index >= 15 is 0 Å². The Morgan fingerprint density at radius 3 is 2.60 bits per heavy atom. The first-order valence-electron chi connectivity index (χ1n) is 5.39. The van der Waals surface area contributed by atoms with Crippen LogP contribution in [0.5, 0.6) is 0 Å². The summed E-state index contributed by atoms with van der Waals surface area (Å²) in [5.41, 5.74) is -2.59. The van der Waals surface area contributed by atoms with Crippen LogP contribution >= 0.6 is 0 Å². The van der Waals surface area contributed by atoms with Gasteiger partial charge in [-0.2, -0.15) is 0 Å². The molecule has 2 N–H and O–H groups in total. The maximum Gasteiger partial charge on any atom is 0.342 e. The molecule has 20 heavy (non-hydrogen) atoms. The molecule has 0 atom stereocenters. The van der Waals surface area contributed by atoms with E-state index in [-0.39, 0.29) is 12.1 Å². The molecule has 0 aliphatic carbocycles. The van der Waals surface area contributed by atoms with E-state index in [1.54, 1.807) is 0 Å². The summed E-state index contributed by atoms with van der Waals surface area (Å²) in [6, 6.07) is 2.78. The Hall–Kier alpha value is -2.77. The van der Waals surface area contributed by atoms with Crippen molar-refractivity contribution in [3.8, 4) is 0 Å². The number of carboxylic acid groups (broad SMARTS) is 1. The standard InChI is InChI=1S/C12H8F2N2O4/c13-7-2-1-6(9(14)3-7)4-16-5-8(11(18)19)10(17)15-12(16)20/h1-3,5H,4H2,(H,18,19)(H,15,17,20). The lowest BCUT2D eigenvalue weighted by atomic mass is 10.2. The van der Waals surface area contributed by atoms with Gasteiger partial charge in [0.05, 0.1) is 6.54 Å². The number of H-pyrrole nitrogens is 1. The van der Waals surface area contributed by atoms with Crippen molar-refractivity contribution in [1.29, 1.82) is 0 Å². The summed E-state index contributed by atoms with van der Waals surface area (Å²) in [6.07, 6.45) is 0.812. The molecule has 0 bridgehead atoms. The van der Waals surface area contributed by atoms with Crippen LogP contribution in [0.2, 0.25) is 0 Å². The SMILES string of the molecule is O=C(O)c1cn(Cc2ccc(F)cc2F)c(=O)[nH]c1=O. The van der Waals surface area contributed by atoms with E-state index in [4.69, 9.17) is 5.11 Å². The van der Waals surface area contributed by atoms with Crippen molar-refractivity contribution in [3.05, 3.63) is 68.0 Å². The van der Waals surface area contributed by atoms with E-state index in [1.165, 1.54) is 0 Å². The van der Waals surface area contributed by atoms with Gasteiger partial charge in [0.15, 0.2) is 0 Å². The Balaban J connectivity index is 2.48. The first kappa shape index (κ1) is 13.7. The highest BCUT2D eigenvalue weighted by Crippen LogP contribution is 2.10. The molecule has 104 valence electrons. The van der Waals surface area contributed by atoms with E-state index in [9.17, 15) is 23.2 Å². The van der Waals surface area contributed by atoms with Gasteiger partial charge in [-0.25, -0.2) is 18.4 Å². The molecule has 1 aromatic carbocycles. The Bertz CT molecular complexity index is 795. The van der Waals surface area contributed by atoms with Crippen molar-refractivity contribution in [3.63, 3.8) is 0 Å². The Morgan fingerprint density at radius 2 is 2.00 bits per heavy atom. The monoisotopic (exact) mass is 282 g/mol. The van der Waals surface area contributed by atoms with E-state index in [0.29, 0.717) is 6.07 Å². The minimum absolute atomic E-state index is 0.0168. The quantitative estimate of drug-likeness (QED) is 0.860. The number of carboxylic acids is 1. The highest BCUT2D eigenvalue weighted by Gasteiger charge is 2.13. The molecule has 0 unspecified atom stereocenters. The van der Waals surface area contributed by atoms with Gasteiger partial charge in [0.25, 0.3) is 5.56 Å². The second-order valence-electron chi connectivity index (χ2n) is 3.97. The molecule has 0 fully saturated rings. The predicted octanol–water partition coefficient (Wildman–Crippen LogP) is 0.561. The molecule has 0 aliphatic rings. The molecule has 0 spiro atoms. The molecule has 0 radical (unpaired) electrons. The smallest absolute Gasteiger partial charge is 0.342 e. The fourth-order valence-corrected chi connectivity index (χ4v) is 1.61. The van der Waals surface area contributed by atoms with Crippen LogP contribution < -0.4 is 11.2 Å². The van der Waals surface area contributed by atoms with Crippen LogP contribution in [0.25, 0.3) is 0 Å². The average Bonchev–Trinajstić information content (AvgIpc) is 2.35. The number of aromatic carboxylic acids is 1. The molecule has 1 aromatic heterocycles. The maximum absolute atomic E-state index is 13.5. The van der Waals surface area contributed by atoms with Crippen LogP contribution in [-0.4, -0.2) is 20.6 Å². The van der Waals surface area contributed by atoms with Crippen molar-refractivity contribution in [2.24, 2.45) is 0 Å². The molecular formula is C12H8F2N2O4. The molecule has 0 saturated heterocycles. The van der Waals surface area contributed by atoms with Crippen LogP contribution in [0.15, 0.2) is 34.0 Å². The van der Waals surface area contributed by atoms with Crippen LogP contribution in [0.1, 0.15) is 15.9 Å². The Kier molecular flexibility index (Phi) is 3.47. The topological polar surface area (TPSA) is 92.2 Å². The van der Waals surface area contributed by atoms with Crippen molar-refractivity contribution in [1.82, 2.24) is 9.55 Å². The molecule has 0 saturated carbocycles. The molecule has 8 heteroatoms. The highest BCUT2D eigenvalue weighted by molar-refractivity contribution is 5.86. The fourth-order valence-electron chi connectivity index (χ4n) is 1.61. The number of halogens is 2. The number of nitrogens with one attached hydrogen (secondary N) is 1. The first-order chi connectivity index (χ1) is 9.38. The molecular weight excluding hydrogens is 274 g/mol. The van der Waals surface area contributed by atoms with Crippen molar-refractivity contribution >= 4 is 5.97 Å². The van der Waals surface area contributed by atoms with Crippen LogP contribution in [0, 0.1) is 11.6 Å². The normalized spacial score (nSPS) is 10.5. The van der Waals surface area contributed by atoms with Crippen molar-refractivity contribution in [2.75, 3.05) is 0 Å². The Morgan fingerprint density at radius 1 is 1.30 bits per heavy atom. The summed E-state index contributed by atoms with van der Waals surface area (Å²) in [5, 5.41) is 8.78. The number of rotatable bonds is 3. The number of nitrogens with zero attached hydrogens (tertiary/aromatic N) is 1. The summed E-state index contributed by atoms with van der Waals surface area (Å²) in [6.45, 7) is -0.331.